The van der Waals surface area contributed by atoms with E-state index in [-0.39, 0.29) is 25.4 Å². The largest absolute Gasteiger partial charge is 0.329 e. The van der Waals surface area contributed by atoms with Gasteiger partial charge in [0.05, 0.1) is 0 Å². The number of rotatable bonds is 1. The van der Waals surface area contributed by atoms with Crippen LogP contribution in [-0.4, -0.2) is 16.8 Å². The van der Waals surface area contributed by atoms with E-state index in [0.717, 1.165) is 0 Å². The quantitative estimate of drug-likeness (QED) is 0.669. The molecule has 9 heavy (non-hydrogen) atoms. The fraction of sp³-hybridized carbons (Fsp3) is 1.00. The number of alkyl halides is 3. The SMILES string of the molecule is Cl.NCC1(Br)CC1(F)F. The molecule has 1 atom stereocenters. The Bertz CT molecular complexity index is 121. The van der Waals surface area contributed by atoms with E-state index < -0.39 is 10.2 Å². The zero-order valence-corrected chi connectivity index (χ0v) is 6.94. The highest BCUT2D eigenvalue weighted by Crippen LogP contribution is 2.58. The number of nitrogens with two attached hydrogens (primary N) is 1. The van der Waals surface area contributed by atoms with Gasteiger partial charge < -0.3 is 5.73 Å². The maximum absolute atomic E-state index is 12.1. The van der Waals surface area contributed by atoms with E-state index >= 15 is 0 Å². The summed E-state index contributed by atoms with van der Waals surface area (Å²) >= 11 is 2.84. The molecule has 0 spiro atoms. The zero-order valence-electron chi connectivity index (χ0n) is 4.53. The van der Waals surface area contributed by atoms with Crippen LogP contribution in [0.1, 0.15) is 6.42 Å². The molecule has 5 heteroatoms. The van der Waals surface area contributed by atoms with Gasteiger partial charge in [-0.15, -0.1) is 12.4 Å². The lowest BCUT2D eigenvalue weighted by molar-refractivity contribution is 0.109. The molecule has 1 rings (SSSR count). The molecule has 1 fully saturated rings. The van der Waals surface area contributed by atoms with Crippen LogP contribution in [0.2, 0.25) is 0 Å². The standard InChI is InChI=1S/C4H6BrF2N.ClH/c5-3(2-8)1-4(3,6)7;/h1-2,8H2;1H. The highest BCUT2D eigenvalue weighted by Gasteiger charge is 2.69. The summed E-state index contributed by atoms with van der Waals surface area (Å²) in [5, 5.41) is 0. The van der Waals surface area contributed by atoms with Gasteiger partial charge in [0.1, 0.15) is 4.32 Å². The molecule has 0 bridgehead atoms. The second kappa shape index (κ2) is 2.32. The van der Waals surface area contributed by atoms with E-state index in [2.05, 4.69) is 15.9 Å². The van der Waals surface area contributed by atoms with E-state index in [4.69, 9.17) is 5.73 Å². The van der Waals surface area contributed by atoms with Gasteiger partial charge in [-0.05, 0) is 0 Å². The molecule has 0 saturated heterocycles. The van der Waals surface area contributed by atoms with Crippen LogP contribution in [-0.2, 0) is 0 Å². The molecule has 0 aromatic heterocycles. The lowest BCUT2D eigenvalue weighted by Crippen LogP contribution is -2.21. The van der Waals surface area contributed by atoms with Crippen molar-refractivity contribution in [1.29, 1.82) is 0 Å². The highest BCUT2D eigenvalue weighted by molar-refractivity contribution is 9.10. The van der Waals surface area contributed by atoms with Crippen molar-refractivity contribution in [2.75, 3.05) is 6.54 Å². The van der Waals surface area contributed by atoms with Gasteiger partial charge in [-0.25, -0.2) is 8.78 Å². The van der Waals surface area contributed by atoms with Crippen molar-refractivity contribution in [2.24, 2.45) is 5.73 Å². The summed E-state index contributed by atoms with van der Waals surface area (Å²) in [4.78, 5) is 0. The van der Waals surface area contributed by atoms with Gasteiger partial charge in [-0.3, -0.25) is 0 Å². The highest BCUT2D eigenvalue weighted by atomic mass is 79.9. The smallest absolute Gasteiger partial charge is 0.266 e. The third kappa shape index (κ3) is 1.36. The summed E-state index contributed by atoms with van der Waals surface area (Å²) in [6.07, 6.45) is -0.115. The van der Waals surface area contributed by atoms with Gasteiger partial charge in [-0.2, -0.15) is 0 Å². The van der Waals surface area contributed by atoms with Gasteiger partial charge in [0.25, 0.3) is 5.92 Å². The Labute approximate surface area is 66.5 Å². The summed E-state index contributed by atoms with van der Waals surface area (Å²) in [6.45, 7) is 0.0139. The van der Waals surface area contributed by atoms with Crippen LogP contribution in [0.3, 0.4) is 0 Å². The average Bonchev–Trinajstić information content (AvgIpc) is 2.10. The van der Waals surface area contributed by atoms with Crippen LogP contribution in [0, 0.1) is 0 Å². The molecular formula is C4H7BrClF2N. The van der Waals surface area contributed by atoms with E-state index in [1.165, 1.54) is 0 Å². The van der Waals surface area contributed by atoms with Crippen molar-refractivity contribution >= 4 is 28.3 Å². The maximum atomic E-state index is 12.1. The van der Waals surface area contributed by atoms with Gasteiger partial charge in [-0.1, -0.05) is 15.9 Å². The summed E-state index contributed by atoms with van der Waals surface area (Å²) in [7, 11) is 0. The van der Waals surface area contributed by atoms with Crippen LogP contribution in [0.15, 0.2) is 0 Å². The summed E-state index contributed by atoms with van der Waals surface area (Å²) in [5.74, 6) is -2.55. The van der Waals surface area contributed by atoms with Gasteiger partial charge in [0.15, 0.2) is 0 Å². The molecular weight excluding hydrogens is 215 g/mol. The fourth-order valence-corrected chi connectivity index (χ4v) is 0.881. The van der Waals surface area contributed by atoms with E-state index in [1.807, 2.05) is 0 Å². The van der Waals surface area contributed by atoms with Crippen molar-refractivity contribution < 1.29 is 8.78 Å². The predicted molar refractivity (Wildman–Crippen MR) is 37.5 cm³/mol. The molecule has 56 valence electrons. The molecule has 0 aliphatic heterocycles. The zero-order chi connectivity index (χ0) is 6.41. The Morgan fingerprint density at radius 1 is 1.56 bits per heavy atom. The molecule has 0 amide bonds. The molecule has 0 radical (unpaired) electrons. The summed E-state index contributed by atoms with van der Waals surface area (Å²) in [5.41, 5.74) is 5.02. The van der Waals surface area contributed by atoms with Crippen LogP contribution in [0.5, 0.6) is 0 Å². The Hall–Kier alpha value is 0.590. The summed E-state index contributed by atoms with van der Waals surface area (Å²) < 4.78 is 23.1. The predicted octanol–water partition coefficient (Wildman–Crippen LogP) is 1.54. The van der Waals surface area contributed by atoms with E-state index in [1.54, 1.807) is 0 Å². The minimum Gasteiger partial charge on any atom is -0.329 e. The van der Waals surface area contributed by atoms with Crippen molar-refractivity contribution in [3.8, 4) is 0 Å². The molecule has 1 aliphatic carbocycles. The van der Waals surface area contributed by atoms with Crippen molar-refractivity contribution in [3.63, 3.8) is 0 Å². The normalized spacial score (nSPS) is 37.3. The second-order valence-corrected chi connectivity index (χ2v) is 3.57. The summed E-state index contributed by atoms with van der Waals surface area (Å²) in [6, 6.07) is 0. The number of halogens is 4. The molecule has 1 nitrogen and oxygen atoms in total. The third-order valence-corrected chi connectivity index (χ3v) is 2.54. The molecule has 0 heterocycles. The first-order chi connectivity index (χ1) is 3.52. The van der Waals surface area contributed by atoms with Crippen molar-refractivity contribution in [1.82, 2.24) is 0 Å². The van der Waals surface area contributed by atoms with Crippen LogP contribution < -0.4 is 5.73 Å². The van der Waals surface area contributed by atoms with E-state index in [9.17, 15) is 8.78 Å². The van der Waals surface area contributed by atoms with Crippen molar-refractivity contribution in [2.45, 2.75) is 16.7 Å². The van der Waals surface area contributed by atoms with E-state index in [0.29, 0.717) is 0 Å². The average molecular weight is 222 g/mol. The van der Waals surface area contributed by atoms with Gasteiger partial charge in [0, 0.05) is 13.0 Å². The Morgan fingerprint density at radius 2 is 1.89 bits per heavy atom. The minimum atomic E-state index is -2.55. The second-order valence-electron chi connectivity index (χ2n) is 2.05. The van der Waals surface area contributed by atoms with Gasteiger partial charge in [0.2, 0.25) is 0 Å². The Morgan fingerprint density at radius 3 is 1.89 bits per heavy atom. The molecule has 2 N–H and O–H groups in total. The van der Waals surface area contributed by atoms with Crippen LogP contribution >= 0.6 is 28.3 Å². The monoisotopic (exact) mass is 221 g/mol. The molecule has 0 aromatic rings. The van der Waals surface area contributed by atoms with Crippen LogP contribution in [0.4, 0.5) is 8.78 Å². The third-order valence-electron chi connectivity index (χ3n) is 1.36. The fourth-order valence-electron chi connectivity index (χ4n) is 0.529. The topological polar surface area (TPSA) is 26.0 Å². The lowest BCUT2D eigenvalue weighted by atomic mass is 10.4. The lowest BCUT2D eigenvalue weighted by Gasteiger charge is -2.00. The molecule has 0 aromatic carbocycles. The molecule has 1 unspecified atom stereocenters. The van der Waals surface area contributed by atoms with Gasteiger partial charge >= 0.3 is 0 Å². The maximum Gasteiger partial charge on any atom is 0.266 e. The number of hydrogen-bond acceptors (Lipinski definition) is 1. The Kier molecular flexibility index (Phi) is 2.48. The van der Waals surface area contributed by atoms with Crippen LogP contribution in [0.25, 0.3) is 0 Å². The first kappa shape index (κ1) is 9.59. The molecule has 1 aliphatic rings. The molecule has 1 saturated carbocycles. The first-order valence-electron chi connectivity index (χ1n) is 2.29. The van der Waals surface area contributed by atoms with Crippen molar-refractivity contribution in [3.05, 3.63) is 0 Å². The minimum absolute atomic E-state index is 0. The Balaban J connectivity index is 0.000000640. The number of hydrogen-bond donors (Lipinski definition) is 1. The first-order valence-corrected chi connectivity index (χ1v) is 3.08.